The molecule has 3 heteroatoms. The van der Waals surface area contributed by atoms with Crippen LogP contribution in [-0.2, 0) is 0 Å². The molecule has 2 aliphatic rings. The van der Waals surface area contributed by atoms with Crippen LogP contribution in [0, 0.1) is 0 Å². The van der Waals surface area contributed by atoms with Crippen LogP contribution in [0.4, 0.5) is 0 Å². The molecule has 2 rings (SSSR count). The second-order valence-electron chi connectivity index (χ2n) is 3.85. The Balaban J connectivity index is 0.000000396. The summed E-state index contributed by atoms with van der Waals surface area (Å²) < 4.78 is 2.37. The van der Waals surface area contributed by atoms with Gasteiger partial charge in [-0.1, -0.05) is 23.2 Å². The SMILES string of the molecule is CC.PN1CCCC2(CCN2)CC1. The van der Waals surface area contributed by atoms with Gasteiger partial charge in [0.15, 0.2) is 0 Å². The molecule has 0 radical (unpaired) electrons. The first-order valence-corrected chi connectivity index (χ1v) is 6.07. The maximum Gasteiger partial charge on any atom is 0.0206 e. The lowest BCUT2D eigenvalue weighted by molar-refractivity contribution is 0.183. The molecule has 0 aliphatic carbocycles. The predicted molar refractivity (Wildman–Crippen MR) is 61.8 cm³/mol. The van der Waals surface area contributed by atoms with Crippen molar-refractivity contribution in [2.24, 2.45) is 0 Å². The number of rotatable bonds is 0. The first kappa shape index (κ1) is 11.4. The molecule has 1 N–H and O–H groups in total. The van der Waals surface area contributed by atoms with Crippen LogP contribution in [0.2, 0.25) is 0 Å². The van der Waals surface area contributed by atoms with Crippen LogP contribution in [0.5, 0.6) is 0 Å². The smallest absolute Gasteiger partial charge is 0.0206 e. The van der Waals surface area contributed by atoms with Crippen molar-refractivity contribution in [3.8, 4) is 0 Å². The summed E-state index contributed by atoms with van der Waals surface area (Å²) in [5.41, 5.74) is 0.561. The van der Waals surface area contributed by atoms with Crippen molar-refractivity contribution in [2.45, 2.75) is 45.1 Å². The van der Waals surface area contributed by atoms with Crippen LogP contribution >= 0.6 is 9.39 Å². The molecule has 2 saturated heterocycles. The lowest BCUT2D eigenvalue weighted by atomic mass is 9.81. The van der Waals surface area contributed by atoms with Crippen LogP contribution in [-0.4, -0.2) is 29.8 Å². The fourth-order valence-corrected chi connectivity index (χ4v) is 2.43. The summed E-state index contributed by atoms with van der Waals surface area (Å²) in [6.45, 7) is 7.75. The lowest BCUT2D eigenvalue weighted by Gasteiger charge is -2.43. The van der Waals surface area contributed by atoms with Crippen LogP contribution in [0.25, 0.3) is 0 Å². The Kier molecular flexibility index (Phi) is 4.64. The number of nitrogens with zero attached hydrogens (tertiary/aromatic N) is 1. The maximum atomic E-state index is 3.59. The van der Waals surface area contributed by atoms with Crippen LogP contribution in [0.1, 0.15) is 39.5 Å². The highest BCUT2D eigenvalue weighted by atomic mass is 31.0. The van der Waals surface area contributed by atoms with E-state index in [1.54, 1.807) is 0 Å². The Morgan fingerprint density at radius 1 is 1.15 bits per heavy atom. The predicted octanol–water partition coefficient (Wildman–Crippen LogP) is 2.02. The normalized spacial score (nSPS) is 34.4. The van der Waals surface area contributed by atoms with E-state index in [9.17, 15) is 0 Å². The fraction of sp³-hybridized carbons (Fsp3) is 1.00. The molecule has 0 bridgehead atoms. The van der Waals surface area contributed by atoms with E-state index < -0.39 is 0 Å². The Morgan fingerprint density at radius 3 is 2.38 bits per heavy atom. The first-order chi connectivity index (χ1) is 6.31. The van der Waals surface area contributed by atoms with Crippen LogP contribution in [0.3, 0.4) is 0 Å². The van der Waals surface area contributed by atoms with E-state index in [4.69, 9.17) is 0 Å². The van der Waals surface area contributed by atoms with E-state index in [1.807, 2.05) is 13.8 Å². The van der Waals surface area contributed by atoms with Gasteiger partial charge in [0.1, 0.15) is 0 Å². The average Bonchev–Trinajstić information content (AvgIpc) is 2.30. The van der Waals surface area contributed by atoms with E-state index in [-0.39, 0.29) is 0 Å². The lowest BCUT2D eigenvalue weighted by Crippen LogP contribution is -2.57. The molecule has 2 aliphatic heterocycles. The van der Waals surface area contributed by atoms with E-state index in [1.165, 1.54) is 45.3 Å². The molecule has 2 atom stereocenters. The summed E-state index contributed by atoms with van der Waals surface area (Å²) in [4.78, 5) is 0. The first-order valence-electron chi connectivity index (χ1n) is 5.55. The topological polar surface area (TPSA) is 15.3 Å². The minimum atomic E-state index is 0.561. The molecule has 2 heterocycles. The van der Waals surface area contributed by atoms with E-state index in [0.717, 1.165) is 0 Å². The quantitative estimate of drug-likeness (QED) is 0.605. The van der Waals surface area contributed by atoms with Gasteiger partial charge in [0, 0.05) is 18.6 Å². The zero-order valence-electron chi connectivity index (χ0n) is 8.97. The van der Waals surface area contributed by atoms with Crippen molar-refractivity contribution in [3.63, 3.8) is 0 Å². The number of hydrogen-bond donors (Lipinski definition) is 1. The standard InChI is InChI=1S/C8H17N2P.C2H6/c11-10-6-1-2-8(4-7-10)3-5-9-8;1-2/h9H,1-7,11H2;1-2H3. The molecular weight excluding hydrogens is 179 g/mol. The van der Waals surface area contributed by atoms with Gasteiger partial charge in [-0.05, 0) is 32.2 Å². The van der Waals surface area contributed by atoms with Crippen molar-refractivity contribution in [1.29, 1.82) is 0 Å². The van der Waals surface area contributed by atoms with Gasteiger partial charge in [-0.15, -0.1) is 0 Å². The Morgan fingerprint density at radius 2 is 1.85 bits per heavy atom. The van der Waals surface area contributed by atoms with E-state index in [0.29, 0.717) is 5.54 Å². The van der Waals surface area contributed by atoms with Crippen LogP contribution in [0.15, 0.2) is 0 Å². The minimum absolute atomic E-state index is 0.561. The summed E-state index contributed by atoms with van der Waals surface area (Å²) in [7, 11) is 2.82. The highest BCUT2D eigenvalue weighted by Crippen LogP contribution is 2.31. The number of hydrogen-bond acceptors (Lipinski definition) is 2. The summed E-state index contributed by atoms with van der Waals surface area (Å²) in [5.74, 6) is 0. The summed E-state index contributed by atoms with van der Waals surface area (Å²) in [6.07, 6.45) is 5.50. The molecule has 2 fully saturated rings. The van der Waals surface area contributed by atoms with Gasteiger partial charge in [-0.2, -0.15) is 0 Å². The molecule has 13 heavy (non-hydrogen) atoms. The molecule has 0 saturated carbocycles. The molecule has 0 aromatic rings. The zero-order valence-corrected chi connectivity index (χ0v) is 10.1. The number of nitrogens with one attached hydrogen (secondary N) is 1. The van der Waals surface area contributed by atoms with Gasteiger partial charge in [0.25, 0.3) is 0 Å². The highest BCUT2D eigenvalue weighted by molar-refractivity contribution is 7.13. The van der Waals surface area contributed by atoms with Gasteiger partial charge < -0.3 is 5.32 Å². The van der Waals surface area contributed by atoms with Crippen molar-refractivity contribution in [2.75, 3.05) is 19.6 Å². The molecule has 1 spiro atoms. The Hall–Kier alpha value is 0.350. The third-order valence-electron chi connectivity index (χ3n) is 3.08. The molecule has 0 aromatic heterocycles. The van der Waals surface area contributed by atoms with Gasteiger partial charge in [-0.3, -0.25) is 4.67 Å². The van der Waals surface area contributed by atoms with Crippen molar-refractivity contribution in [1.82, 2.24) is 9.99 Å². The average molecular weight is 202 g/mol. The van der Waals surface area contributed by atoms with Gasteiger partial charge in [0.2, 0.25) is 0 Å². The van der Waals surface area contributed by atoms with Crippen molar-refractivity contribution >= 4 is 9.39 Å². The fourth-order valence-electron chi connectivity index (χ4n) is 2.12. The van der Waals surface area contributed by atoms with E-state index >= 15 is 0 Å². The molecule has 2 nitrogen and oxygen atoms in total. The van der Waals surface area contributed by atoms with E-state index in [2.05, 4.69) is 19.4 Å². The Bertz CT molecular complexity index is 146. The molecular formula is C10H23N2P. The summed E-state index contributed by atoms with van der Waals surface area (Å²) in [5, 5.41) is 3.59. The molecule has 0 amide bonds. The van der Waals surface area contributed by atoms with Gasteiger partial charge in [-0.25, -0.2) is 0 Å². The second-order valence-corrected chi connectivity index (χ2v) is 4.58. The maximum absolute atomic E-state index is 3.59. The van der Waals surface area contributed by atoms with Crippen LogP contribution < -0.4 is 5.32 Å². The monoisotopic (exact) mass is 202 g/mol. The van der Waals surface area contributed by atoms with Crippen molar-refractivity contribution in [3.05, 3.63) is 0 Å². The largest absolute Gasteiger partial charge is 0.311 e. The summed E-state index contributed by atoms with van der Waals surface area (Å²) in [6, 6.07) is 0. The van der Waals surface area contributed by atoms with Crippen molar-refractivity contribution < 1.29 is 0 Å². The zero-order chi connectivity index (χ0) is 9.73. The third kappa shape index (κ3) is 2.90. The second kappa shape index (κ2) is 5.29. The molecule has 2 unspecified atom stereocenters. The van der Waals surface area contributed by atoms with Gasteiger partial charge >= 0.3 is 0 Å². The van der Waals surface area contributed by atoms with Gasteiger partial charge in [0.05, 0.1) is 0 Å². The molecule has 0 aromatic carbocycles. The Labute approximate surface area is 84.7 Å². The minimum Gasteiger partial charge on any atom is -0.311 e. The highest BCUT2D eigenvalue weighted by Gasteiger charge is 2.36. The third-order valence-corrected chi connectivity index (χ3v) is 3.60. The molecule has 78 valence electrons. The summed E-state index contributed by atoms with van der Waals surface area (Å²) >= 11 is 0.